The Balaban J connectivity index is 1.20. The van der Waals surface area contributed by atoms with Crippen molar-refractivity contribution >= 4 is 22.6 Å². The minimum atomic E-state index is -0.130. The first-order chi connectivity index (χ1) is 14.7. The molecule has 9 nitrogen and oxygen atoms in total. The molecule has 1 aromatic carbocycles. The Hall–Kier alpha value is -3.59. The van der Waals surface area contributed by atoms with E-state index in [4.69, 9.17) is 9.26 Å². The molecule has 1 atom stereocenters. The predicted molar refractivity (Wildman–Crippen MR) is 109 cm³/mol. The second kappa shape index (κ2) is 8.03. The molecular formula is C21H20N6O3. The summed E-state index contributed by atoms with van der Waals surface area (Å²) in [6.07, 6.45) is 5.98. The number of H-pyrrole nitrogens is 1. The van der Waals surface area contributed by atoms with Crippen molar-refractivity contribution in [1.82, 2.24) is 25.1 Å². The van der Waals surface area contributed by atoms with E-state index in [2.05, 4.69) is 30.4 Å². The van der Waals surface area contributed by atoms with Crippen molar-refractivity contribution in [2.75, 3.05) is 11.9 Å². The first kappa shape index (κ1) is 18.4. The number of fused-ring (bicyclic) bond motifs is 1. The molecule has 0 bridgehead atoms. The number of carbonyl (C=O) groups excluding carboxylic acids is 1. The van der Waals surface area contributed by atoms with Crippen LogP contribution in [-0.2, 0) is 16.0 Å². The Morgan fingerprint density at radius 1 is 1.27 bits per heavy atom. The lowest BCUT2D eigenvalue weighted by atomic mass is 10.2. The van der Waals surface area contributed by atoms with Crippen molar-refractivity contribution in [3.05, 3.63) is 54.4 Å². The fourth-order valence-corrected chi connectivity index (χ4v) is 3.47. The fourth-order valence-electron chi connectivity index (χ4n) is 3.47. The molecular weight excluding hydrogens is 384 g/mol. The number of ether oxygens (including phenoxy) is 1. The number of hydrogen-bond acceptors (Lipinski definition) is 7. The summed E-state index contributed by atoms with van der Waals surface area (Å²) < 4.78 is 10.9. The topological polar surface area (TPSA) is 119 Å². The molecule has 1 saturated heterocycles. The Bertz CT molecular complexity index is 1160. The monoisotopic (exact) mass is 404 g/mol. The van der Waals surface area contributed by atoms with Crippen LogP contribution >= 0.6 is 0 Å². The summed E-state index contributed by atoms with van der Waals surface area (Å²) in [7, 11) is 0. The average Bonchev–Trinajstić information content (AvgIpc) is 3.53. The van der Waals surface area contributed by atoms with Crippen LogP contribution in [0.5, 0.6) is 0 Å². The van der Waals surface area contributed by atoms with E-state index in [1.807, 2.05) is 24.3 Å². The average molecular weight is 404 g/mol. The van der Waals surface area contributed by atoms with Crippen LogP contribution in [0.4, 0.5) is 5.69 Å². The van der Waals surface area contributed by atoms with E-state index >= 15 is 0 Å². The largest absolute Gasteiger partial charge is 0.370 e. The van der Waals surface area contributed by atoms with Crippen LogP contribution in [-0.4, -0.2) is 37.6 Å². The summed E-state index contributed by atoms with van der Waals surface area (Å²) in [4.78, 5) is 28.6. The summed E-state index contributed by atoms with van der Waals surface area (Å²) in [6.45, 7) is 0.771. The van der Waals surface area contributed by atoms with E-state index in [1.165, 1.54) is 0 Å². The molecule has 9 heteroatoms. The summed E-state index contributed by atoms with van der Waals surface area (Å²) in [6, 6.07) is 9.26. The summed E-state index contributed by atoms with van der Waals surface area (Å²) in [5.74, 6) is 1.58. The molecule has 4 aromatic rings. The fraction of sp³-hybridized carbons (Fsp3) is 0.286. The number of imidazole rings is 1. The Kier molecular flexibility index (Phi) is 4.94. The van der Waals surface area contributed by atoms with Gasteiger partial charge in [0.25, 0.3) is 0 Å². The highest BCUT2D eigenvalue weighted by atomic mass is 16.5. The quantitative estimate of drug-likeness (QED) is 0.505. The van der Waals surface area contributed by atoms with E-state index in [0.717, 1.165) is 41.9 Å². The van der Waals surface area contributed by atoms with Gasteiger partial charge in [-0.1, -0.05) is 5.16 Å². The van der Waals surface area contributed by atoms with Gasteiger partial charge in [0.1, 0.15) is 11.9 Å². The van der Waals surface area contributed by atoms with Gasteiger partial charge in [-0.25, -0.2) is 4.98 Å². The van der Waals surface area contributed by atoms with Gasteiger partial charge in [-0.15, -0.1) is 0 Å². The van der Waals surface area contributed by atoms with E-state index in [-0.39, 0.29) is 18.4 Å². The maximum Gasteiger partial charge on any atom is 0.227 e. The predicted octanol–water partition coefficient (Wildman–Crippen LogP) is 3.43. The summed E-state index contributed by atoms with van der Waals surface area (Å²) in [5.41, 5.74) is 3.20. The van der Waals surface area contributed by atoms with Gasteiger partial charge >= 0.3 is 0 Å². The molecule has 1 aliphatic heterocycles. The van der Waals surface area contributed by atoms with Gasteiger partial charge in [0.15, 0.2) is 0 Å². The van der Waals surface area contributed by atoms with Crippen LogP contribution < -0.4 is 5.32 Å². The molecule has 3 aromatic heterocycles. The van der Waals surface area contributed by atoms with Crippen molar-refractivity contribution in [1.29, 1.82) is 0 Å². The lowest BCUT2D eigenvalue weighted by Crippen LogP contribution is -2.12. The number of aryl methyl sites for hydroxylation is 1. The van der Waals surface area contributed by atoms with Gasteiger partial charge in [-0.3, -0.25) is 9.78 Å². The maximum atomic E-state index is 12.4. The normalized spacial score (nSPS) is 16.2. The first-order valence-electron chi connectivity index (χ1n) is 9.89. The van der Waals surface area contributed by atoms with E-state index in [9.17, 15) is 4.79 Å². The first-order valence-corrected chi connectivity index (χ1v) is 9.89. The molecule has 1 unspecified atom stereocenters. The summed E-state index contributed by atoms with van der Waals surface area (Å²) in [5, 5.41) is 6.84. The number of amides is 1. The van der Waals surface area contributed by atoms with E-state index in [1.54, 1.807) is 18.5 Å². The number of benzene rings is 1. The van der Waals surface area contributed by atoms with Crippen molar-refractivity contribution in [3.8, 4) is 11.4 Å². The van der Waals surface area contributed by atoms with Crippen molar-refractivity contribution < 1.29 is 14.1 Å². The number of anilines is 1. The molecule has 30 heavy (non-hydrogen) atoms. The molecule has 4 heterocycles. The molecule has 0 spiro atoms. The molecule has 152 valence electrons. The highest BCUT2D eigenvalue weighted by molar-refractivity contribution is 5.93. The number of pyridine rings is 1. The van der Waals surface area contributed by atoms with Crippen LogP contribution in [0.15, 0.2) is 47.2 Å². The molecule has 1 aliphatic rings. The number of hydrogen-bond donors (Lipinski definition) is 2. The number of carbonyl (C=O) groups is 1. The Morgan fingerprint density at radius 3 is 3.07 bits per heavy atom. The molecule has 1 amide bonds. The third-order valence-electron chi connectivity index (χ3n) is 4.97. The smallest absolute Gasteiger partial charge is 0.227 e. The third kappa shape index (κ3) is 3.92. The number of aromatic nitrogens is 5. The van der Waals surface area contributed by atoms with Gasteiger partial charge in [-0.2, -0.15) is 4.98 Å². The van der Waals surface area contributed by atoms with Crippen molar-refractivity contribution in [2.45, 2.75) is 31.8 Å². The second-order valence-corrected chi connectivity index (χ2v) is 7.16. The third-order valence-corrected chi connectivity index (χ3v) is 4.97. The SMILES string of the molecule is O=C(CCc1nc(-c2cccnc2)no1)Nc1ccc2nc(C3CCCO3)[nH]c2c1. The molecule has 0 radical (unpaired) electrons. The Labute approximate surface area is 171 Å². The van der Waals surface area contributed by atoms with Crippen LogP contribution in [0.2, 0.25) is 0 Å². The van der Waals surface area contributed by atoms with Gasteiger partial charge < -0.3 is 19.6 Å². The molecule has 2 N–H and O–H groups in total. The number of aromatic amines is 1. The lowest BCUT2D eigenvalue weighted by Gasteiger charge is -2.04. The van der Waals surface area contributed by atoms with E-state index < -0.39 is 0 Å². The van der Waals surface area contributed by atoms with Crippen molar-refractivity contribution in [2.24, 2.45) is 0 Å². The second-order valence-electron chi connectivity index (χ2n) is 7.16. The zero-order chi connectivity index (χ0) is 20.3. The van der Waals surface area contributed by atoms with Crippen molar-refractivity contribution in [3.63, 3.8) is 0 Å². The Morgan fingerprint density at radius 2 is 2.23 bits per heavy atom. The molecule has 0 saturated carbocycles. The standard InChI is InChI=1S/C21H20N6O3/c28-18(7-8-19-26-20(27-30-19)13-3-1-9-22-12-13)23-14-5-6-15-16(11-14)25-21(24-15)17-4-2-10-29-17/h1,3,5-6,9,11-12,17H,2,4,7-8,10H2,(H,23,28)(H,24,25). The molecule has 0 aliphatic carbocycles. The number of rotatable bonds is 6. The zero-order valence-corrected chi connectivity index (χ0v) is 16.2. The minimum absolute atomic E-state index is 0.0291. The zero-order valence-electron chi connectivity index (χ0n) is 16.2. The van der Waals surface area contributed by atoms with Gasteiger partial charge in [0.2, 0.25) is 17.6 Å². The molecule has 1 fully saturated rings. The number of nitrogens with zero attached hydrogens (tertiary/aromatic N) is 4. The summed E-state index contributed by atoms with van der Waals surface area (Å²) >= 11 is 0. The molecule has 5 rings (SSSR count). The van der Waals surface area contributed by atoms with Gasteiger partial charge in [0.05, 0.1) is 11.0 Å². The lowest BCUT2D eigenvalue weighted by molar-refractivity contribution is -0.116. The van der Waals surface area contributed by atoms with Gasteiger partial charge in [-0.05, 0) is 43.2 Å². The van der Waals surface area contributed by atoms with Crippen LogP contribution in [0.25, 0.3) is 22.4 Å². The van der Waals surface area contributed by atoms with Gasteiger partial charge in [0, 0.05) is 43.1 Å². The van der Waals surface area contributed by atoms with Crippen LogP contribution in [0.3, 0.4) is 0 Å². The maximum absolute atomic E-state index is 12.4. The highest BCUT2D eigenvalue weighted by Crippen LogP contribution is 2.28. The van der Waals surface area contributed by atoms with Crippen LogP contribution in [0.1, 0.15) is 37.1 Å². The van der Waals surface area contributed by atoms with Crippen LogP contribution in [0, 0.1) is 0 Å². The highest BCUT2D eigenvalue weighted by Gasteiger charge is 2.21. The number of nitrogens with one attached hydrogen (secondary N) is 2. The van der Waals surface area contributed by atoms with E-state index in [0.29, 0.717) is 23.8 Å². The minimum Gasteiger partial charge on any atom is -0.370 e.